The van der Waals surface area contributed by atoms with Gasteiger partial charge in [0.25, 0.3) is 0 Å². The molecule has 0 aliphatic carbocycles. The Labute approximate surface area is 118 Å². The Balaban J connectivity index is 2.43. The molecule has 4 heteroatoms. The maximum Gasteiger partial charge on any atom is 0.161 e. The third-order valence-corrected chi connectivity index (χ3v) is 3.83. The summed E-state index contributed by atoms with van der Waals surface area (Å²) in [7, 11) is 0. The molecular weight excluding hydrogens is 254 g/mol. The molecule has 1 aromatic carbocycles. The van der Waals surface area contributed by atoms with E-state index in [2.05, 4.69) is 52.7 Å². The van der Waals surface area contributed by atoms with Crippen LogP contribution in [0.4, 0.5) is 5.82 Å². The molecule has 0 fully saturated rings. The van der Waals surface area contributed by atoms with Gasteiger partial charge in [0, 0.05) is 28.3 Å². The molecule has 0 aliphatic rings. The zero-order chi connectivity index (χ0) is 13.8. The third kappa shape index (κ3) is 3.07. The topological polar surface area (TPSA) is 37.8 Å². The fourth-order valence-electron chi connectivity index (χ4n) is 1.84. The van der Waals surface area contributed by atoms with E-state index in [1.54, 1.807) is 11.8 Å². The Morgan fingerprint density at radius 3 is 2.37 bits per heavy atom. The molecule has 100 valence electrons. The highest BCUT2D eigenvalue weighted by molar-refractivity contribution is 7.98. The first-order valence-corrected chi connectivity index (χ1v) is 7.61. The normalized spacial score (nSPS) is 10.5. The molecule has 1 N–H and O–H groups in total. The fraction of sp³-hybridized carbons (Fsp3) is 0.333. The van der Waals surface area contributed by atoms with Crippen LogP contribution < -0.4 is 5.32 Å². The van der Waals surface area contributed by atoms with Gasteiger partial charge in [0.15, 0.2) is 5.82 Å². The highest BCUT2D eigenvalue weighted by Crippen LogP contribution is 2.23. The Morgan fingerprint density at radius 2 is 1.79 bits per heavy atom. The molecule has 2 aromatic rings. The predicted octanol–water partition coefficient (Wildman–Crippen LogP) is 3.91. The number of aromatic nitrogens is 2. The first kappa shape index (κ1) is 13.9. The minimum absolute atomic E-state index is 0.784. The first-order valence-electron chi connectivity index (χ1n) is 6.39. The van der Waals surface area contributed by atoms with Crippen molar-refractivity contribution in [3.8, 4) is 11.4 Å². The third-order valence-electron chi connectivity index (χ3n) is 3.08. The number of thioether (sulfide) groups is 1. The van der Waals surface area contributed by atoms with E-state index >= 15 is 0 Å². The van der Waals surface area contributed by atoms with Gasteiger partial charge in [-0.15, -0.1) is 11.8 Å². The fourth-order valence-corrected chi connectivity index (χ4v) is 2.25. The Bertz CT molecular complexity index is 564. The summed E-state index contributed by atoms with van der Waals surface area (Å²) in [6, 6.07) is 8.36. The number of benzene rings is 1. The Hall–Kier alpha value is -1.55. The number of hydrogen-bond acceptors (Lipinski definition) is 4. The molecule has 0 saturated carbocycles. The van der Waals surface area contributed by atoms with Crippen molar-refractivity contribution in [2.24, 2.45) is 0 Å². The van der Waals surface area contributed by atoms with Crippen LogP contribution in [0, 0.1) is 13.8 Å². The SMILES string of the molecule is CCNc1nc(-c2ccc(SC)cc2)nc(C)c1C. The molecule has 0 aliphatic heterocycles. The zero-order valence-corrected chi connectivity index (χ0v) is 12.6. The second kappa shape index (κ2) is 6.06. The van der Waals surface area contributed by atoms with Gasteiger partial charge in [-0.1, -0.05) is 12.1 Å². The van der Waals surface area contributed by atoms with Crippen molar-refractivity contribution in [1.82, 2.24) is 9.97 Å². The van der Waals surface area contributed by atoms with E-state index in [1.807, 2.05) is 13.8 Å². The van der Waals surface area contributed by atoms with Gasteiger partial charge in [0.2, 0.25) is 0 Å². The van der Waals surface area contributed by atoms with Gasteiger partial charge in [0.1, 0.15) is 5.82 Å². The number of aryl methyl sites for hydroxylation is 1. The van der Waals surface area contributed by atoms with Crippen molar-refractivity contribution in [2.75, 3.05) is 18.1 Å². The minimum Gasteiger partial charge on any atom is -0.370 e. The summed E-state index contributed by atoms with van der Waals surface area (Å²) in [6.07, 6.45) is 2.07. The lowest BCUT2D eigenvalue weighted by Gasteiger charge is -2.11. The molecule has 2 rings (SSSR count). The number of nitrogens with zero attached hydrogens (tertiary/aromatic N) is 2. The van der Waals surface area contributed by atoms with Crippen LogP contribution >= 0.6 is 11.8 Å². The standard InChI is InChI=1S/C15H19N3S/c1-5-16-14-10(2)11(3)17-15(18-14)12-6-8-13(19-4)9-7-12/h6-9H,5H2,1-4H3,(H,16,17,18). The average Bonchev–Trinajstić information content (AvgIpc) is 2.44. The second-order valence-corrected chi connectivity index (χ2v) is 5.24. The second-order valence-electron chi connectivity index (χ2n) is 4.37. The van der Waals surface area contributed by atoms with Gasteiger partial charge in [-0.05, 0) is 39.2 Å². The van der Waals surface area contributed by atoms with E-state index in [4.69, 9.17) is 0 Å². The molecule has 19 heavy (non-hydrogen) atoms. The van der Waals surface area contributed by atoms with Crippen LogP contribution in [-0.2, 0) is 0 Å². The smallest absolute Gasteiger partial charge is 0.161 e. The first-order chi connectivity index (χ1) is 9.15. The number of anilines is 1. The summed E-state index contributed by atoms with van der Waals surface area (Å²) >= 11 is 1.74. The molecule has 0 unspecified atom stereocenters. The lowest BCUT2D eigenvalue weighted by molar-refractivity contribution is 1.05. The largest absolute Gasteiger partial charge is 0.370 e. The van der Waals surface area contributed by atoms with Crippen molar-refractivity contribution in [2.45, 2.75) is 25.7 Å². The summed E-state index contributed by atoms with van der Waals surface area (Å²) in [4.78, 5) is 10.5. The molecule has 0 amide bonds. The average molecular weight is 273 g/mol. The summed E-state index contributed by atoms with van der Waals surface area (Å²) in [5, 5.41) is 3.29. The van der Waals surface area contributed by atoms with Crippen molar-refractivity contribution in [3.63, 3.8) is 0 Å². The monoisotopic (exact) mass is 273 g/mol. The molecule has 0 bridgehead atoms. The van der Waals surface area contributed by atoms with E-state index < -0.39 is 0 Å². The lowest BCUT2D eigenvalue weighted by atomic mass is 10.2. The summed E-state index contributed by atoms with van der Waals surface area (Å²) < 4.78 is 0. The van der Waals surface area contributed by atoms with Gasteiger partial charge in [0.05, 0.1) is 0 Å². The van der Waals surface area contributed by atoms with Crippen LogP contribution in [0.3, 0.4) is 0 Å². The zero-order valence-electron chi connectivity index (χ0n) is 11.8. The highest BCUT2D eigenvalue weighted by atomic mass is 32.2. The maximum absolute atomic E-state index is 4.62. The van der Waals surface area contributed by atoms with Gasteiger partial charge in [-0.25, -0.2) is 9.97 Å². The highest BCUT2D eigenvalue weighted by Gasteiger charge is 2.09. The van der Waals surface area contributed by atoms with Crippen molar-refractivity contribution < 1.29 is 0 Å². The molecule has 1 aromatic heterocycles. The van der Waals surface area contributed by atoms with Crippen LogP contribution in [0.5, 0.6) is 0 Å². The summed E-state index contributed by atoms with van der Waals surface area (Å²) in [6.45, 7) is 7.01. The molecule has 0 spiro atoms. The molecule has 0 radical (unpaired) electrons. The van der Waals surface area contributed by atoms with E-state index in [0.29, 0.717) is 0 Å². The van der Waals surface area contributed by atoms with Crippen LogP contribution in [0.25, 0.3) is 11.4 Å². The summed E-state index contributed by atoms with van der Waals surface area (Å²) in [5.41, 5.74) is 3.20. The van der Waals surface area contributed by atoms with Crippen LogP contribution in [0.1, 0.15) is 18.2 Å². The van der Waals surface area contributed by atoms with Crippen LogP contribution in [-0.4, -0.2) is 22.8 Å². The van der Waals surface area contributed by atoms with Crippen molar-refractivity contribution in [1.29, 1.82) is 0 Å². The molecule has 0 saturated heterocycles. The minimum atomic E-state index is 0.784. The molecule has 3 nitrogen and oxygen atoms in total. The van der Waals surface area contributed by atoms with Crippen molar-refractivity contribution >= 4 is 17.6 Å². The lowest BCUT2D eigenvalue weighted by Crippen LogP contribution is -2.06. The van der Waals surface area contributed by atoms with E-state index in [0.717, 1.165) is 35.0 Å². The van der Waals surface area contributed by atoms with Gasteiger partial charge in [-0.2, -0.15) is 0 Å². The number of nitrogens with one attached hydrogen (secondary N) is 1. The quantitative estimate of drug-likeness (QED) is 0.857. The van der Waals surface area contributed by atoms with Crippen LogP contribution in [0.15, 0.2) is 29.2 Å². The van der Waals surface area contributed by atoms with E-state index in [9.17, 15) is 0 Å². The Kier molecular flexibility index (Phi) is 4.43. The molecular formula is C15H19N3S. The molecule has 1 heterocycles. The van der Waals surface area contributed by atoms with Crippen LogP contribution in [0.2, 0.25) is 0 Å². The number of rotatable bonds is 4. The van der Waals surface area contributed by atoms with E-state index in [-0.39, 0.29) is 0 Å². The predicted molar refractivity (Wildman–Crippen MR) is 82.9 cm³/mol. The summed E-state index contributed by atoms with van der Waals surface area (Å²) in [5.74, 6) is 1.71. The molecule has 0 atom stereocenters. The van der Waals surface area contributed by atoms with Gasteiger partial charge in [-0.3, -0.25) is 0 Å². The Morgan fingerprint density at radius 1 is 1.11 bits per heavy atom. The maximum atomic E-state index is 4.62. The van der Waals surface area contributed by atoms with E-state index in [1.165, 1.54) is 4.90 Å². The van der Waals surface area contributed by atoms with Gasteiger partial charge < -0.3 is 5.32 Å². The van der Waals surface area contributed by atoms with Gasteiger partial charge >= 0.3 is 0 Å². The van der Waals surface area contributed by atoms with Crippen molar-refractivity contribution in [3.05, 3.63) is 35.5 Å². The number of hydrogen-bond donors (Lipinski definition) is 1.